The molecule has 0 N–H and O–H groups in total. The summed E-state index contributed by atoms with van der Waals surface area (Å²) in [5.41, 5.74) is 17.4. The van der Waals surface area contributed by atoms with E-state index in [9.17, 15) is 0 Å². The van der Waals surface area contributed by atoms with Crippen molar-refractivity contribution in [2.45, 2.75) is 38.5 Å². The van der Waals surface area contributed by atoms with E-state index in [-0.39, 0.29) is 5.41 Å². The van der Waals surface area contributed by atoms with Crippen LogP contribution in [0, 0.1) is 13.8 Å². The first kappa shape index (κ1) is 38.4. The molecule has 0 amide bonds. The molecule has 0 spiro atoms. The Morgan fingerprint density at radius 2 is 0.818 bits per heavy atom. The van der Waals surface area contributed by atoms with Gasteiger partial charge in [0.25, 0.3) is 0 Å². The van der Waals surface area contributed by atoms with Gasteiger partial charge in [0.2, 0.25) is 0 Å². The first-order valence-electron chi connectivity index (χ1n) is 23.0. The molecule has 0 saturated carbocycles. The largest absolute Gasteiger partial charge is 0.208 e. The van der Waals surface area contributed by atoms with Crippen LogP contribution in [0.15, 0.2) is 200 Å². The molecule has 66 heavy (non-hydrogen) atoms. The summed E-state index contributed by atoms with van der Waals surface area (Å²) in [5.74, 6) is 1.95. The second-order valence-electron chi connectivity index (χ2n) is 18.7. The molecule has 3 nitrogen and oxygen atoms in total. The van der Waals surface area contributed by atoms with Crippen molar-refractivity contribution < 1.29 is 0 Å². The van der Waals surface area contributed by atoms with Crippen LogP contribution in [-0.2, 0) is 10.8 Å². The highest BCUT2D eigenvalue weighted by atomic mass is 15.0. The van der Waals surface area contributed by atoms with Crippen molar-refractivity contribution in [3.05, 3.63) is 245 Å². The van der Waals surface area contributed by atoms with Crippen molar-refractivity contribution >= 4 is 32.3 Å². The van der Waals surface area contributed by atoms with Crippen LogP contribution in [0.3, 0.4) is 0 Å². The number of fused-ring (bicyclic) bond motifs is 11. The van der Waals surface area contributed by atoms with Crippen molar-refractivity contribution in [1.82, 2.24) is 15.0 Å². The second-order valence-corrected chi connectivity index (χ2v) is 18.7. The van der Waals surface area contributed by atoms with Crippen molar-refractivity contribution in [2.24, 2.45) is 0 Å². The minimum atomic E-state index is -0.493. The fourth-order valence-corrected chi connectivity index (χ4v) is 11.8. The smallest absolute Gasteiger partial charge is 0.164 e. The second kappa shape index (κ2) is 14.2. The monoisotopic (exact) mass is 843 g/mol. The highest BCUT2D eigenvalue weighted by molar-refractivity contribution is 6.11. The predicted octanol–water partition coefficient (Wildman–Crippen LogP) is 15.6. The van der Waals surface area contributed by atoms with Crippen LogP contribution >= 0.6 is 0 Å². The van der Waals surface area contributed by atoms with Crippen molar-refractivity contribution in [1.29, 1.82) is 0 Å². The molecule has 13 rings (SSSR count). The molecule has 0 fully saturated rings. The molecule has 2 aliphatic carbocycles. The minimum absolute atomic E-state index is 0.166. The van der Waals surface area contributed by atoms with Crippen molar-refractivity contribution in [2.75, 3.05) is 0 Å². The average Bonchev–Trinajstić information content (AvgIpc) is 3.80. The fraction of sp³-hybridized carbons (Fsp3) is 0.0952. The van der Waals surface area contributed by atoms with Crippen LogP contribution in [0.5, 0.6) is 0 Å². The summed E-state index contributed by atoms with van der Waals surface area (Å²) in [7, 11) is 0. The molecule has 0 aliphatic heterocycles. The molecular formula is C63H45N3. The van der Waals surface area contributed by atoms with E-state index in [4.69, 9.17) is 15.0 Å². The Labute approximate surface area is 385 Å². The molecule has 10 aromatic carbocycles. The molecule has 312 valence electrons. The van der Waals surface area contributed by atoms with Gasteiger partial charge in [-0.05, 0) is 131 Å². The molecule has 0 saturated heterocycles. The standard InChI is InChI=1S/C63H45N3/c1-38-39(2)52-35-41(28-31-49(52)48-24-14-13-22-46(38)48)59-64-60(42-29-33-55-54(37-42)51-32-27-40-17-11-12-23-47(40)58(51)62(55,3)4)66-61(65-59)43-30-34-57-53(36-43)50-25-15-16-26-56(50)63(57,44-18-7-5-8-19-44)45-20-9-6-10-21-45/h5-37H,1-4H3. The Morgan fingerprint density at radius 1 is 0.333 bits per heavy atom. The lowest BCUT2D eigenvalue weighted by atomic mass is 9.67. The lowest BCUT2D eigenvalue weighted by Gasteiger charge is -2.33. The maximum atomic E-state index is 5.41. The van der Waals surface area contributed by atoms with Crippen LogP contribution in [0.25, 0.3) is 88.7 Å². The van der Waals surface area contributed by atoms with Gasteiger partial charge in [-0.3, -0.25) is 0 Å². The maximum Gasteiger partial charge on any atom is 0.164 e. The zero-order valence-corrected chi connectivity index (χ0v) is 37.4. The van der Waals surface area contributed by atoms with Gasteiger partial charge in [0.15, 0.2) is 17.5 Å². The highest BCUT2D eigenvalue weighted by Gasteiger charge is 2.46. The van der Waals surface area contributed by atoms with Gasteiger partial charge < -0.3 is 0 Å². The van der Waals surface area contributed by atoms with Gasteiger partial charge >= 0.3 is 0 Å². The number of nitrogens with zero attached hydrogens (tertiary/aromatic N) is 3. The van der Waals surface area contributed by atoms with E-state index in [1.807, 2.05) is 0 Å². The Kier molecular flexibility index (Phi) is 8.30. The van der Waals surface area contributed by atoms with Crippen LogP contribution in [-0.4, -0.2) is 15.0 Å². The minimum Gasteiger partial charge on any atom is -0.208 e. The summed E-state index contributed by atoms with van der Waals surface area (Å²) in [4.78, 5) is 16.2. The van der Waals surface area contributed by atoms with E-state index in [1.54, 1.807) is 0 Å². The van der Waals surface area contributed by atoms with Gasteiger partial charge in [-0.15, -0.1) is 0 Å². The first-order chi connectivity index (χ1) is 32.3. The Bertz CT molecular complexity index is 3770. The molecule has 2 aliphatic rings. The zero-order chi connectivity index (χ0) is 44.3. The SMILES string of the molecule is Cc1c(C)c2cc(-c3nc(-c4ccc5c(c4)-c4ccc6ccccc6c4C5(C)C)nc(-c4ccc5c(c4)-c4ccccc4C5(c4ccccc4)c4ccccc4)n3)ccc2c2ccccc12. The Morgan fingerprint density at radius 3 is 1.50 bits per heavy atom. The van der Waals surface area contributed by atoms with Gasteiger partial charge in [0, 0.05) is 22.1 Å². The van der Waals surface area contributed by atoms with Crippen molar-refractivity contribution in [3.63, 3.8) is 0 Å². The molecule has 0 radical (unpaired) electrons. The van der Waals surface area contributed by atoms with E-state index in [0.717, 1.165) is 16.7 Å². The summed E-state index contributed by atoms with van der Waals surface area (Å²) in [6, 6.07) is 73.2. The summed E-state index contributed by atoms with van der Waals surface area (Å²) < 4.78 is 0. The normalized spacial score (nSPS) is 14.0. The van der Waals surface area contributed by atoms with Crippen LogP contribution in [0.2, 0.25) is 0 Å². The van der Waals surface area contributed by atoms with Crippen LogP contribution in [0.4, 0.5) is 0 Å². The molecule has 1 aromatic heterocycles. The van der Waals surface area contributed by atoms with Gasteiger partial charge in [0.1, 0.15) is 0 Å². The molecule has 11 aromatic rings. The van der Waals surface area contributed by atoms with E-state index in [1.165, 1.54) is 99.1 Å². The third kappa shape index (κ3) is 5.40. The van der Waals surface area contributed by atoms with Crippen LogP contribution < -0.4 is 0 Å². The first-order valence-corrected chi connectivity index (χ1v) is 23.0. The van der Waals surface area contributed by atoms with Gasteiger partial charge in [0.05, 0.1) is 5.41 Å². The Balaban J connectivity index is 1.04. The molecule has 0 bridgehead atoms. The summed E-state index contributed by atoms with van der Waals surface area (Å²) in [6.07, 6.45) is 0. The lowest BCUT2D eigenvalue weighted by molar-refractivity contribution is 0.666. The topological polar surface area (TPSA) is 38.7 Å². The van der Waals surface area contributed by atoms with E-state index in [2.05, 4.69) is 228 Å². The molecule has 0 unspecified atom stereocenters. The number of aryl methyl sites for hydroxylation is 2. The summed E-state index contributed by atoms with van der Waals surface area (Å²) in [5, 5.41) is 7.56. The molecule has 1 heterocycles. The maximum absolute atomic E-state index is 5.41. The summed E-state index contributed by atoms with van der Waals surface area (Å²) in [6.45, 7) is 9.17. The quantitative estimate of drug-likeness (QED) is 0.162. The van der Waals surface area contributed by atoms with E-state index in [0.29, 0.717) is 17.5 Å². The van der Waals surface area contributed by atoms with Gasteiger partial charge in [-0.25, -0.2) is 15.0 Å². The third-order valence-corrected chi connectivity index (χ3v) is 15.0. The number of rotatable bonds is 5. The number of hydrogen-bond acceptors (Lipinski definition) is 3. The number of aromatic nitrogens is 3. The Hall–Kier alpha value is -8.01. The summed E-state index contributed by atoms with van der Waals surface area (Å²) >= 11 is 0. The number of benzene rings is 10. The van der Waals surface area contributed by atoms with E-state index >= 15 is 0 Å². The van der Waals surface area contributed by atoms with Crippen molar-refractivity contribution in [3.8, 4) is 56.4 Å². The molecule has 0 atom stereocenters. The molecular weight excluding hydrogens is 799 g/mol. The number of hydrogen-bond donors (Lipinski definition) is 0. The lowest BCUT2D eigenvalue weighted by Crippen LogP contribution is -2.28. The average molecular weight is 844 g/mol. The van der Waals surface area contributed by atoms with Gasteiger partial charge in [-0.1, -0.05) is 196 Å². The zero-order valence-electron chi connectivity index (χ0n) is 37.4. The van der Waals surface area contributed by atoms with E-state index < -0.39 is 5.41 Å². The predicted molar refractivity (Wildman–Crippen MR) is 273 cm³/mol. The van der Waals surface area contributed by atoms with Crippen LogP contribution in [0.1, 0.15) is 58.4 Å². The fourth-order valence-electron chi connectivity index (χ4n) is 11.8. The molecule has 3 heteroatoms. The third-order valence-electron chi connectivity index (χ3n) is 15.0. The highest BCUT2D eigenvalue weighted by Crippen LogP contribution is 2.57. The van der Waals surface area contributed by atoms with Gasteiger partial charge in [-0.2, -0.15) is 0 Å².